The van der Waals surface area contributed by atoms with Gasteiger partial charge in [-0.05, 0) is 19.4 Å². The minimum atomic E-state index is -0.917. The maximum atomic E-state index is 13.8. The SMILES string of the molecule is CC(CCS(C)=O)NC(=O)c1ccnc(NN)c1F. The Hall–Kier alpha value is -1.54. The van der Waals surface area contributed by atoms with Crippen molar-refractivity contribution in [1.29, 1.82) is 0 Å². The van der Waals surface area contributed by atoms with E-state index in [-0.39, 0.29) is 17.4 Å². The molecule has 8 heteroatoms. The van der Waals surface area contributed by atoms with E-state index in [0.29, 0.717) is 12.2 Å². The smallest absolute Gasteiger partial charge is 0.254 e. The van der Waals surface area contributed by atoms with Gasteiger partial charge in [-0.1, -0.05) is 0 Å². The standard InChI is InChI=1S/C11H17FN4O2S/c1-7(4-6-19(2)18)15-11(17)8-3-5-14-10(16-13)9(8)12/h3,5,7H,4,6,13H2,1-2H3,(H,14,16)(H,15,17). The molecule has 1 aromatic rings. The van der Waals surface area contributed by atoms with Gasteiger partial charge in [-0.2, -0.15) is 0 Å². The molecule has 0 aliphatic rings. The number of anilines is 1. The molecule has 0 spiro atoms. The highest BCUT2D eigenvalue weighted by molar-refractivity contribution is 7.84. The van der Waals surface area contributed by atoms with Crippen molar-refractivity contribution in [2.45, 2.75) is 19.4 Å². The number of hydrogen-bond acceptors (Lipinski definition) is 5. The van der Waals surface area contributed by atoms with Crippen molar-refractivity contribution in [1.82, 2.24) is 10.3 Å². The van der Waals surface area contributed by atoms with Crippen LogP contribution in [0.5, 0.6) is 0 Å². The molecule has 6 nitrogen and oxygen atoms in total. The molecule has 0 radical (unpaired) electrons. The van der Waals surface area contributed by atoms with E-state index in [2.05, 4.69) is 15.7 Å². The normalized spacial score (nSPS) is 13.7. The molecular formula is C11H17FN4O2S. The number of nitrogens with two attached hydrogens (primary N) is 1. The lowest BCUT2D eigenvalue weighted by Gasteiger charge is -2.14. The van der Waals surface area contributed by atoms with Gasteiger partial charge in [0.05, 0.1) is 5.56 Å². The minimum absolute atomic E-state index is 0.132. The van der Waals surface area contributed by atoms with Gasteiger partial charge >= 0.3 is 0 Å². The average Bonchev–Trinajstić information content (AvgIpc) is 2.36. The van der Waals surface area contributed by atoms with Crippen LogP contribution in [0, 0.1) is 5.82 Å². The Morgan fingerprint density at radius 1 is 1.63 bits per heavy atom. The zero-order valence-electron chi connectivity index (χ0n) is 10.8. The predicted octanol–water partition coefficient (Wildman–Crippen LogP) is 0.393. The second-order valence-electron chi connectivity index (χ2n) is 4.11. The largest absolute Gasteiger partial charge is 0.349 e. The molecular weight excluding hydrogens is 271 g/mol. The second kappa shape index (κ2) is 7.15. The van der Waals surface area contributed by atoms with Crippen molar-refractivity contribution in [2.24, 2.45) is 5.84 Å². The third-order valence-electron chi connectivity index (χ3n) is 2.49. The van der Waals surface area contributed by atoms with Gasteiger partial charge < -0.3 is 10.7 Å². The summed E-state index contributed by atoms with van der Waals surface area (Å²) in [6.45, 7) is 1.77. The molecule has 1 heterocycles. The Morgan fingerprint density at radius 2 is 2.32 bits per heavy atom. The Bertz CT molecular complexity index is 484. The lowest BCUT2D eigenvalue weighted by atomic mass is 10.2. The van der Waals surface area contributed by atoms with Crippen LogP contribution in [0.15, 0.2) is 12.3 Å². The summed E-state index contributed by atoms with van der Waals surface area (Å²) in [5.41, 5.74) is 1.95. The summed E-state index contributed by atoms with van der Waals surface area (Å²) >= 11 is 0. The highest BCUT2D eigenvalue weighted by atomic mass is 32.2. The number of hydrogen-bond donors (Lipinski definition) is 3. The Labute approximate surface area is 113 Å². The van der Waals surface area contributed by atoms with E-state index in [1.807, 2.05) is 0 Å². The molecule has 106 valence electrons. The lowest BCUT2D eigenvalue weighted by molar-refractivity contribution is 0.0935. The van der Waals surface area contributed by atoms with Crippen LogP contribution in [0.1, 0.15) is 23.7 Å². The first-order chi connectivity index (χ1) is 8.95. The first kappa shape index (κ1) is 15.5. The number of nitrogens with one attached hydrogen (secondary N) is 2. The van der Waals surface area contributed by atoms with E-state index in [0.717, 1.165) is 0 Å². The topological polar surface area (TPSA) is 97.1 Å². The van der Waals surface area contributed by atoms with Crippen LogP contribution >= 0.6 is 0 Å². The van der Waals surface area contributed by atoms with E-state index in [9.17, 15) is 13.4 Å². The van der Waals surface area contributed by atoms with Crippen LogP contribution in [0.2, 0.25) is 0 Å². The van der Waals surface area contributed by atoms with Crippen LogP contribution in [-0.4, -0.2) is 33.2 Å². The summed E-state index contributed by atoms with van der Waals surface area (Å²) in [5, 5.41) is 2.63. The van der Waals surface area contributed by atoms with Gasteiger partial charge in [0, 0.05) is 35.0 Å². The number of aromatic nitrogens is 1. The molecule has 4 N–H and O–H groups in total. The quantitative estimate of drug-likeness (QED) is 0.520. The minimum Gasteiger partial charge on any atom is -0.349 e. The fraction of sp³-hybridized carbons (Fsp3) is 0.455. The molecule has 0 aliphatic heterocycles. The highest BCUT2D eigenvalue weighted by Gasteiger charge is 2.17. The summed E-state index contributed by atoms with van der Waals surface area (Å²) in [6.07, 6.45) is 3.44. The van der Waals surface area contributed by atoms with E-state index in [4.69, 9.17) is 5.84 Å². The summed E-state index contributed by atoms with van der Waals surface area (Å²) in [5.74, 6) is 4.03. The van der Waals surface area contributed by atoms with Crippen molar-refractivity contribution in [3.63, 3.8) is 0 Å². The molecule has 1 amide bonds. The summed E-state index contributed by atoms with van der Waals surface area (Å²) in [7, 11) is -0.917. The van der Waals surface area contributed by atoms with Crippen LogP contribution in [0.25, 0.3) is 0 Å². The molecule has 19 heavy (non-hydrogen) atoms. The zero-order chi connectivity index (χ0) is 14.4. The van der Waals surface area contributed by atoms with Crippen molar-refractivity contribution in [3.8, 4) is 0 Å². The summed E-state index contributed by atoms with van der Waals surface area (Å²) in [4.78, 5) is 15.5. The first-order valence-corrected chi connectivity index (χ1v) is 7.40. The molecule has 0 bridgehead atoms. The van der Waals surface area contributed by atoms with Gasteiger partial charge in [0.15, 0.2) is 11.6 Å². The maximum absolute atomic E-state index is 13.8. The number of amides is 1. The Kier molecular flexibility index (Phi) is 5.84. The van der Waals surface area contributed by atoms with Gasteiger partial charge in [0.2, 0.25) is 0 Å². The molecule has 0 saturated carbocycles. The van der Waals surface area contributed by atoms with Gasteiger partial charge in [-0.25, -0.2) is 15.2 Å². The monoisotopic (exact) mass is 288 g/mol. The predicted molar refractivity (Wildman–Crippen MR) is 72.5 cm³/mol. The second-order valence-corrected chi connectivity index (χ2v) is 5.66. The molecule has 2 unspecified atom stereocenters. The number of carbonyl (C=O) groups excluding carboxylic acids is 1. The van der Waals surface area contributed by atoms with E-state index < -0.39 is 22.5 Å². The highest BCUT2D eigenvalue weighted by Crippen LogP contribution is 2.14. The number of halogens is 1. The molecule has 0 fully saturated rings. The average molecular weight is 288 g/mol. The molecule has 2 atom stereocenters. The van der Waals surface area contributed by atoms with Crippen LogP contribution in [0.4, 0.5) is 10.2 Å². The van der Waals surface area contributed by atoms with Gasteiger partial charge in [0.1, 0.15) is 0 Å². The zero-order valence-corrected chi connectivity index (χ0v) is 11.6. The van der Waals surface area contributed by atoms with Crippen molar-refractivity contribution in [2.75, 3.05) is 17.4 Å². The number of nitrogen functional groups attached to an aromatic ring is 1. The van der Waals surface area contributed by atoms with E-state index in [1.165, 1.54) is 12.3 Å². The maximum Gasteiger partial charge on any atom is 0.254 e. The van der Waals surface area contributed by atoms with Crippen molar-refractivity contribution in [3.05, 3.63) is 23.6 Å². The Balaban J connectivity index is 2.70. The Morgan fingerprint density at radius 3 is 2.89 bits per heavy atom. The number of carbonyl (C=O) groups is 1. The molecule has 0 saturated heterocycles. The van der Waals surface area contributed by atoms with Gasteiger partial charge in [-0.3, -0.25) is 9.00 Å². The van der Waals surface area contributed by atoms with Crippen LogP contribution < -0.4 is 16.6 Å². The fourth-order valence-corrected chi connectivity index (χ4v) is 2.12. The number of hydrazine groups is 1. The van der Waals surface area contributed by atoms with Gasteiger partial charge in [0.25, 0.3) is 5.91 Å². The third-order valence-corrected chi connectivity index (χ3v) is 3.30. The lowest BCUT2D eigenvalue weighted by Crippen LogP contribution is -2.34. The first-order valence-electron chi connectivity index (χ1n) is 5.67. The van der Waals surface area contributed by atoms with Crippen LogP contribution in [0.3, 0.4) is 0 Å². The molecule has 0 aromatic carbocycles. The molecule has 1 aromatic heterocycles. The number of rotatable bonds is 6. The van der Waals surface area contributed by atoms with Gasteiger partial charge in [-0.15, -0.1) is 0 Å². The van der Waals surface area contributed by atoms with Crippen molar-refractivity contribution < 1.29 is 13.4 Å². The molecule has 0 aliphatic carbocycles. The summed E-state index contributed by atoms with van der Waals surface area (Å²) < 4.78 is 24.7. The number of nitrogens with zero attached hydrogens (tertiary/aromatic N) is 1. The van der Waals surface area contributed by atoms with Crippen LogP contribution in [-0.2, 0) is 10.8 Å². The van der Waals surface area contributed by atoms with E-state index in [1.54, 1.807) is 13.2 Å². The molecule has 1 rings (SSSR count). The fourth-order valence-electron chi connectivity index (χ4n) is 1.44. The van der Waals surface area contributed by atoms with E-state index >= 15 is 0 Å². The van der Waals surface area contributed by atoms with Crippen molar-refractivity contribution >= 4 is 22.5 Å². The third kappa shape index (κ3) is 4.56. The summed E-state index contributed by atoms with van der Waals surface area (Å²) in [6, 6.07) is 1.08. The number of pyridine rings is 1.